The summed E-state index contributed by atoms with van der Waals surface area (Å²) < 4.78 is 0. The van der Waals surface area contributed by atoms with Gasteiger partial charge in [-0.2, -0.15) is 0 Å². The van der Waals surface area contributed by atoms with Gasteiger partial charge >= 0.3 is 0 Å². The van der Waals surface area contributed by atoms with Crippen molar-refractivity contribution in [2.24, 2.45) is 0 Å². The third-order valence-corrected chi connectivity index (χ3v) is 3.20. The van der Waals surface area contributed by atoms with Gasteiger partial charge in [-0.25, -0.2) is 0 Å². The van der Waals surface area contributed by atoms with Gasteiger partial charge in [0.2, 0.25) is 0 Å². The summed E-state index contributed by atoms with van der Waals surface area (Å²) in [7, 11) is 0. The number of nitrogens with two attached hydrogens (primary N) is 1. The molecule has 0 unspecified atom stereocenters. The van der Waals surface area contributed by atoms with Crippen LogP contribution in [0.4, 0.5) is 5.69 Å². The molecule has 0 radical (unpaired) electrons. The second kappa shape index (κ2) is 5.32. The van der Waals surface area contributed by atoms with E-state index in [0.717, 1.165) is 44.6 Å². The second-order valence-electron chi connectivity index (χ2n) is 4.49. The molecule has 1 aromatic rings. The summed E-state index contributed by atoms with van der Waals surface area (Å²) >= 11 is 0. The highest BCUT2D eigenvalue weighted by Gasteiger charge is 2.15. The third-order valence-electron chi connectivity index (χ3n) is 3.20. The van der Waals surface area contributed by atoms with Crippen LogP contribution >= 0.6 is 0 Å². The normalized spacial score (nSPS) is 16.1. The number of fused-ring (bicyclic) bond motifs is 1. The second-order valence-corrected chi connectivity index (χ2v) is 4.49. The van der Waals surface area contributed by atoms with Crippen molar-refractivity contribution in [1.29, 1.82) is 0 Å². The highest BCUT2D eigenvalue weighted by molar-refractivity contribution is 5.45. The van der Waals surface area contributed by atoms with E-state index in [0.29, 0.717) is 6.61 Å². The van der Waals surface area contributed by atoms with Gasteiger partial charge in [-0.05, 0) is 49.1 Å². The highest BCUT2D eigenvalue weighted by Crippen LogP contribution is 2.21. The van der Waals surface area contributed by atoms with Crippen LogP contribution in [0.15, 0.2) is 18.2 Å². The first-order valence-electron chi connectivity index (χ1n) is 6.00. The summed E-state index contributed by atoms with van der Waals surface area (Å²) in [5.74, 6) is 0. The van der Waals surface area contributed by atoms with E-state index in [4.69, 9.17) is 10.8 Å². The van der Waals surface area contributed by atoms with Crippen LogP contribution in [-0.2, 0) is 13.0 Å². The number of benzene rings is 1. The first-order chi connectivity index (χ1) is 7.79. The Balaban J connectivity index is 1.94. The van der Waals surface area contributed by atoms with Gasteiger partial charge < -0.3 is 10.8 Å². The maximum absolute atomic E-state index is 8.75. The Kier molecular flexibility index (Phi) is 3.80. The monoisotopic (exact) mass is 220 g/mol. The van der Waals surface area contributed by atoms with E-state index in [-0.39, 0.29) is 0 Å². The molecule has 0 atom stereocenters. The lowest BCUT2D eigenvalue weighted by molar-refractivity contribution is 0.229. The fourth-order valence-corrected chi connectivity index (χ4v) is 2.27. The zero-order valence-electron chi connectivity index (χ0n) is 9.65. The Hall–Kier alpha value is -1.06. The molecule has 3 heteroatoms. The molecule has 0 bridgehead atoms. The van der Waals surface area contributed by atoms with Gasteiger partial charge in [0.15, 0.2) is 0 Å². The number of aliphatic hydroxyl groups is 1. The van der Waals surface area contributed by atoms with Crippen molar-refractivity contribution in [1.82, 2.24) is 4.90 Å². The van der Waals surface area contributed by atoms with Gasteiger partial charge in [0.05, 0.1) is 0 Å². The van der Waals surface area contributed by atoms with E-state index in [1.807, 2.05) is 6.07 Å². The number of rotatable bonds is 4. The van der Waals surface area contributed by atoms with E-state index in [1.165, 1.54) is 11.1 Å². The number of anilines is 1. The molecule has 0 spiro atoms. The van der Waals surface area contributed by atoms with Crippen molar-refractivity contribution in [2.45, 2.75) is 25.8 Å². The summed E-state index contributed by atoms with van der Waals surface area (Å²) in [5.41, 5.74) is 9.46. The molecular weight excluding hydrogens is 200 g/mol. The van der Waals surface area contributed by atoms with Gasteiger partial charge in [-0.3, -0.25) is 4.90 Å². The molecule has 2 rings (SSSR count). The quantitative estimate of drug-likeness (QED) is 0.595. The standard InChI is InChI=1S/C13H20N2O/c14-13-4-3-11-5-7-15(6-1-2-8-16)10-12(11)9-13/h3-4,9,16H,1-2,5-8,10,14H2. The fraction of sp³-hybridized carbons (Fsp3) is 0.538. The van der Waals surface area contributed by atoms with E-state index in [1.54, 1.807) is 0 Å². The van der Waals surface area contributed by atoms with Crippen LogP contribution in [0.5, 0.6) is 0 Å². The fourth-order valence-electron chi connectivity index (χ4n) is 2.27. The molecule has 0 amide bonds. The predicted molar refractivity (Wildman–Crippen MR) is 66.2 cm³/mol. The van der Waals surface area contributed by atoms with Gasteiger partial charge in [0.25, 0.3) is 0 Å². The summed E-state index contributed by atoms with van der Waals surface area (Å²) in [6, 6.07) is 6.23. The van der Waals surface area contributed by atoms with E-state index in [2.05, 4.69) is 17.0 Å². The van der Waals surface area contributed by atoms with Gasteiger partial charge in [-0.1, -0.05) is 6.07 Å². The van der Waals surface area contributed by atoms with Crippen molar-refractivity contribution < 1.29 is 5.11 Å². The number of unbranched alkanes of at least 4 members (excludes halogenated alkanes) is 1. The van der Waals surface area contributed by atoms with E-state index < -0.39 is 0 Å². The van der Waals surface area contributed by atoms with Gasteiger partial charge in [0, 0.05) is 25.4 Å². The topological polar surface area (TPSA) is 49.5 Å². The summed E-state index contributed by atoms with van der Waals surface area (Å²) in [6.07, 6.45) is 3.10. The molecule has 0 saturated carbocycles. The molecule has 1 aliphatic rings. The van der Waals surface area contributed by atoms with E-state index in [9.17, 15) is 0 Å². The van der Waals surface area contributed by atoms with Crippen LogP contribution < -0.4 is 5.73 Å². The number of hydrogen-bond donors (Lipinski definition) is 2. The number of nitrogens with zero attached hydrogens (tertiary/aromatic N) is 1. The predicted octanol–water partition coefficient (Wildman–Crippen LogP) is 1.40. The minimum absolute atomic E-state index is 0.303. The number of aliphatic hydroxyl groups excluding tert-OH is 1. The van der Waals surface area contributed by atoms with Crippen molar-refractivity contribution in [3.63, 3.8) is 0 Å². The Bertz CT molecular complexity index is 352. The van der Waals surface area contributed by atoms with Crippen LogP contribution in [-0.4, -0.2) is 29.7 Å². The molecule has 0 saturated heterocycles. The molecule has 1 heterocycles. The van der Waals surface area contributed by atoms with Crippen LogP contribution in [0.25, 0.3) is 0 Å². The summed E-state index contributed by atoms with van der Waals surface area (Å²) in [5, 5.41) is 8.75. The smallest absolute Gasteiger partial charge is 0.0431 e. The Morgan fingerprint density at radius 2 is 2.12 bits per heavy atom. The SMILES string of the molecule is Nc1ccc2c(c1)CN(CCCCO)CC2. The molecular formula is C13H20N2O. The largest absolute Gasteiger partial charge is 0.399 e. The van der Waals surface area contributed by atoms with Crippen molar-refractivity contribution in [3.8, 4) is 0 Å². The molecule has 1 aliphatic heterocycles. The van der Waals surface area contributed by atoms with Gasteiger partial charge in [0.1, 0.15) is 0 Å². The molecule has 1 aromatic carbocycles. The first-order valence-corrected chi connectivity index (χ1v) is 6.00. The molecule has 16 heavy (non-hydrogen) atoms. The van der Waals surface area contributed by atoms with Crippen LogP contribution in [0.2, 0.25) is 0 Å². The van der Waals surface area contributed by atoms with Crippen LogP contribution in [0, 0.1) is 0 Å². The molecule has 3 nitrogen and oxygen atoms in total. The zero-order valence-corrected chi connectivity index (χ0v) is 9.65. The maximum atomic E-state index is 8.75. The Labute approximate surface area is 96.9 Å². The average Bonchev–Trinajstić information content (AvgIpc) is 2.29. The van der Waals surface area contributed by atoms with Gasteiger partial charge in [-0.15, -0.1) is 0 Å². The molecule has 88 valence electrons. The lowest BCUT2D eigenvalue weighted by Gasteiger charge is -2.28. The van der Waals surface area contributed by atoms with Crippen molar-refractivity contribution >= 4 is 5.69 Å². The maximum Gasteiger partial charge on any atom is 0.0431 e. The first kappa shape index (κ1) is 11.4. The lowest BCUT2D eigenvalue weighted by atomic mass is 9.99. The number of hydrogen-bond acceptors (Lipinski definition) is 3. The average molecular weight is 220 g/mol. The zero-order chi connectivity index (χ0) is 11.4. The summed E-state index contributed by atoms with van der Waals surface area (Å²) in [4.78, 5) is 2.44. The Morgan fingerprint density at radius 3 is 2.94 bits per heavy atom. The third kappa shape index (κ3) is 2.74. The molecule has 0 aromatic heterocycles. The highest BCUT2D eigenvalue weighted by atomic mass is 16.2. The lowest BCUT2D eigenvalue weighted by Crippen LogP contribution is -2.31. The Morgan fingerprint density at radius 1 is 1.25 bits per heavy atom. The molecule has 0 fully saturated rings. The summed E-state index contributed by atoms with van der Waals surface area (Å²) in [6.45, 7) is 3.51. The minimum atomic E-state index is 0.303. The minimum Gasteiger partial charge on any atom is -0.399 e. The van der Waals surface area contributed by atoms with Crippen LogP contribution in [0.1, 0.15) is 24.0 Å². The molecule has 3 N–H and O–H groups in total. The number of nitrogen functional groups attached to an aromatic ring is 1. The van der Waals surface area contributed by atoms with Crippen LogP contribution in [0.3, 0.4) is 0 Å². The molecule has 0 aliphatic carbocycles. The van der Waals surface area contributed by atoms with E-state index >= 15 is 0 Å². The van der Waals surface area contributed by atoms with Crippen molar-refractivity contribution in [2.75, 3.05) is 25.4 Å². The van der Waals surface area contributed by atoms with Crippen molar-refractivity contribution in [3.05, 3.63) is 29.3 Å².